The zero-order valence-corrected chi connectivity index (χ0v) is 12.7. The average molecular weight is 327 g/mol. The van der Waals surface area contributed by atoms with Gasteiger partial charge in [-0.25, -0.2) is 23.3 Å². The smallest absolute Gasteiger partial charge is 0.349 e. The van der Waals surface area contributed by atoms with Crippen molar-refractivity contribution in [1.29, 1.82) is 0 Å². The fourth-order valence-electron chi connectivity index (χ4n) is 1.53. The zero-order valence-electron chi connectivity index (χ0n) is 11.1. The topological polar surface area (TPSA) is 111 Å². The minimum Gasteiger partial charge on any atom is -0.465 e. The van der Waals surface area contributed by atoms with E-state index in [1.165, 1.54) is 36.8 Å². The van der Waals surface area contributed by atoms with E-state index in [1.54, 1.807) is 12.1 Å². The van der Waals surface area contributed by atoms with E-state index in [1.807, 2.05) is 0 Å². The van der Waals surface area contributed by atoms with E-state index in [0.29, 0.717) is 16.6 Å². The number of sulfonamides is 1. The first kappa shape index (κ1) is 15.4. The van der Waals surface area contributed by atoms with Gasteiger partial charge in [0.1, 0.15) is 4.88 Å². The lowest BCUT2D eigenvalue weighted by Gasteiger charge is -2.04. The Balaban J connectivity index is 2.00. The van der Waals surface area contributed by atoms with Crippen molar-refractivity contribution in [3.8, 4) is 0 Å². The molecule has 0 bridgehead atoms. The first-order valence-corrected chi connectivity index (χ1v) is 8.16. The number of nitrogens with zero attached hydrogens (tertiary/aromatic N) is 1. The molecule has 0 aliphatic rings. The second-order valence-electron chi connectivity index (χ2n) is 4.06. The number of ether oxygens (including phenoxy) is 1. The van der Waals surface area contributed by atoms with Crippen LogP contribution < -0.4 is 10.5 Å². The highest BCUT2D eigenvalue weighted by atomic mass is 32.2. The SMILES string of the molecule is COC(=O)c1cnc(NCc2ccc(S(N)(=O)=O)cc2)s1. The molecule has 9 heteroatoms. The summed E-state index contributed by atoms with van der Waals surface area (Å²) in [6.45, 7) is 0.443. The number of carbonyl (C=O) groups excluding carboxylic acids is 1. The number of thiazole rings is 1. The zero-order chi connectivity index (χ0) is 15.5. The highest BCUT2D eigenvalue weighted by Gasteiger charge is 2.10. The normalized spacial score (nSPS) is 11.1. The number of methoxy groups -OCH3 is 1. The maximum absolute atomic E-state index is 11.3. The van der Waals surface area contributed by atoms with Gasteiger partial charge in [-0.2, -0.15) is 0 Å². The van der Waals surface area contributed by atoms with Gasteiger partial charge in [0.15, 0.2) is 5.13 Å². The summed E-state index contributed by atoms with van der Waals surface area (Å²) in [6, 6.07) is 6.19. The van der Waals surface area contributed by atoms with E-state index < -0.39 is 16.0 Å². The Morgan fingerprint density at radius 2 is 2.05 bits per heavy atom. The number of hydrogen-bond acceptors (Lipinski definition) is 7. The van der Waals surface area contributed by atoms with E-state index in [4.69, 9.17) is 5.14 Å². The van der Waals surface area contributed by atoms with Gasteiger partial charge >= 0.3 is 5.97 Å². The molecule has 0 saturated carbocycles. The Labute approximate surface area is 125 Å². The maximum Gasteiger partial charge on any atom is 0.349 e. The number of benzene rings is 1. The molecule has 0 amide bonds. The molecule has 1 heterocycles. The fraction of sp³-hybridized carbons (Fsp3) is 0.167. The summed E-state index contributed by atoms with van der Waals surface area (Å²) in [4.78, 5) is 15.8. The summed E-state index contributed by atoms with van der Waals surface area (Å²) in [5, 5.41) is 8.63. The molecule has 21 heavy (non-hydrogen) atoms. The predicted octanol–water partition coefficient (Wildman–Crippen LogP) is 1.19. The summed E-state index contributed by atoms with van der Waals surface area (Å²) < 4.78 is 26.8. The van der Waals surface area contributed by atoms with Crippen LogP contribution in [0.25, 0.3) is 0 Å². The molecule has 3 N–H and O–H groups in total. The van der Waals surface area contributed by atoms with E-state index in [-0.39, 0.29) is 4.90 Å². The highest BCUT2D eigenvalue weighted by molar-refractivity contribution is 7.89. The lowest BCUT2D eigenvalue weighted by molar-refractivity contribution is 0.0606. The van der Waals surface area contributed by atoms with Gasteiger partial charge in [-0.05, 0) is 17.7 Å². The first-order valence-electron chi connectivity index (χ1n) is 5.80. The largest absolute Gasteiger partial charge is 0.465 e. The number of nitrogens with two attached hydrogens (primary N) is 1. The van der Waals surface area contributed by atoms with Gasteiger partial charge in [-0.15, -0.1) is 0 Å². The maximum atomic E-state index is 11.3. The predicted molar refractivity (Wildman–Crippen MR) is 78.6 cm³/mol. The molecule has 0 radical (unpaired) electrons. The third-order valence-electron chi connectivity index (χ3n) is 2.59. The number of primary sulfonamides is 1. The highest BCUT2D eigenvalue weighted by Crippen LogP contribution is 2.19. The monoisotopic (exact) mass is 327 g/mol. The van der Waals surface area contributed by atoms with Gasteiger partial charge < -0.3 is 10.1 Å². The second-order valence-corrected chi connectivity index (χ2v) is 6.66. The quantitative estimate of drug-likeness (QED) is 0.798. The molecular weight excluding hydrogens is 314 g/mol. The van der Waals surface area contributed by atoms with Gasteiger partial charge in [0.05, 0.1) is 18.2 Å². The lowest BCUT2D eigenvalue weighted by atomic mass is 10.2. The molecule has 2 aromatic rings. The minimum atomic E-state index is -3.68. The van der Waals surface area contributed by atoms with Crippen LogP contribution in [0.1, 0.15) is 15.2 Å². The third kappa shape index (κ3) is 4.00. The van der Waals surface area contributed by atoms with Gasteiger partial charge in [-0.1, -0.05) is 23.5 Å². The number of hydrogen-bond donors (Lipinski definition) is 2. The van der Waals surface area contributed by atoms with E-state index in [9.17, 15) is 13.2 Å². The number of nitrogens with one attached hydrogen (secondary N) is 1. The molecule has 1 aromatic carbocycles. The van der Waals surface area contributed by atoms with Crippen LogP contribution in [0.5, 0.6) is 0 Å². The second kappa shape index (κ2) is 6.20. The number of rotatable bonds is 5. The van der Waals surface area contributed by atoms with Crippen LogP contribution in [0, 0.1) is 0 Å². The molecule has 0 unspecified atom stereocenters. The summed E-state index contributed by atoms with van der Waals surface area (Å²) in [5.74, 6) is -0.432. The van der Waals surface area contributed by atoms with Crippen molar-refractivity contribution in [1.82, 2.24) is 4.98 Å². The molecule has 0 aliphatic heterocycles. The van der Waals surface area contributed by atoms with Crippen molar-refractivity contribution in [2.24, 2.45) is 5.14 Å². The van der Waals surface area contributed by atoms with Gasteiger partial charge in [0.2, 0.25) is 10.0 Å². The Bertz CT molecular complexity index is 738. The molecule has 2 rings (SSSR count). The van der Waals surface area contributed by atoms with Crippen molar-refractivity contribution < 1.29 is 17.9 Å². The molecule has 0 spiro atoms. The molecule has 0 saturated heterocycles. The molecule has 112 valence electrons. The van der Waals surface area contributed by atoms with Crippen LogP contribution in [0.2, 0.25) is 0 Å². The van der Waals surface area contributed by atoms with E-state index >= 15 is 0 Å². The molecule has 0 fully saturated rings. The standard InChI is InChI=1S/C12H13N3O4S2/c1-19-11(16)10-7-15-12(20-10)14-6-8-2-4-9(5-3-8)21(13,17)18/h2-5,7H,6H2,1H3,(H,14,15)(H2,13,17,18). The average Bonchev–Trinajstić information content (AvgIpc) is 2.92. The van der Waals surface area contributed by atoms with E-state index in [2.05, 4.69) is 15.0 Å². The van der Waals surface area contributed by atoms with Crippen LogP contribution >= 0.6 is 11.3 Å². The molecular formula is C12H13N3O4S2. The van der Waals surface area contributed by atoms with Gasteiger partial charge in [0, 0.05) is 6.54 Å². The fourth-order valence-corrected chi connectivity index (χ4v) is 2.77. The number of carbonyl (C=O) groups is 1. The van der Waals surface area contributed by atoms with Gasteiger partial charge in [-0.3, -0.25) is 0 Å². The minimum absolute atomic E-state index is 0.0634. The Kier molecular flexibility index (Phi) is 4.56. The summed E-state index contributed by atoms with van der Waals surface area (Å²) >= 11 is 1.18. The molecule has 1 aromatic heterocycles. The van der Waals surface area contributed by atoms with Crippen LogP contribution in [0.3, 0.4) is 0 Å². The van der Waals surface area contributed by atoms with Crippen molar-refractivity contribution >= 4 is 32.5 Å². The third-order valence-corrected chi connectivity index (χ3v) is 4.45. The van der Waals surface area contributed by atoms with Crippen molar-refractivity contribution in [3.05, 3.63) is 40.9 Å². The van der Waals surface area contributed by atoms with Crippen molar-refractivity contribution in [2.75, 3.05) is 12.4 Å². The van der Waals surface area contributed by atoms with Crippen molar-refractivity contribution in [2.45, 2.75) is 11.4 Å². The Hall–Kier alpha value is -1.97. The van der Waals surface area contributed by atoms with Crippen molar-refractivity contribution in [3.63, 3.8) is 0 Å². The van der Waals surface area contributed by atoms with Crippen LogP contribution in [0.15, 0.2) is 35.4 Å². The summed E-state index contributed by atoms with van der Waals surface area (Å²) in [6.07, 6.45) is 1.43. The number of anilines is 1. The molecule has 7 nitrogen and oxygen atoms in total. The Morgan fingerprint density at radius 1 is 1.38 bits per heavy atom. The summed E-state index contributed by atoms with van der Waals surface area (Å²) in [5.41, 5.74) is 0.859. The van der Waals surface area contributed by atoms with E-state index in [0.717, 1.165) is 5.56 Å². The Morgan fingerprint density at radius 3 is 2.62 bits per heavy atom. The van der Waals surface area contributed by atoms with Crippen LogP contribution in [-0.4, -0.2) is 26.5 Å². The lowest BCUT2D eigenvalue weighted by Crippen LogP contribution is -2.12. The first-order chi connectivity index (χ1) is 9.90. The summed E-state index contributed by atoms with van der Waals surface area (Å²) in [7, 11) is -2.37. The van der Waals surface area contributed by atoms with Crippen LogP contribution in [-0.2, 0) is 21.3 Å². The molecule has 0 atom stereocenters. The van der Waals surface area contributed by atoms with Gasteiger partial charge in [0.25, 0.3) is 0 Å². The van der Waals surface area contributed by atoms with Crippen LogP contribution in [0.4, 0.5) is 5.13 Å². The number of esters is 1. The number of aromatic nitrogens is 1. The molecule has 0 aliphatic carbocycles.